The maximum absolute atomic E-state index is 12.1. The molecule has 0 spiro atoms. The number of likely N-dealkylation sites (N-methyl/N-ethyl adjacent to an activating group) is 1. The summed E-state index contributed by atoms with van der Waals surface area (Å²) in [6, 6.07) is 3.47. The fraction of sp³-hybridized carbons (Fsp3) is 0.667. The lowest BCUT2D eigenvalue weighted by Crippen LogP contribution is -2.44. The minimum absolute atomic E-state index is 0.119. The Morgan fingerprint density at radius 2 is 2.26 bits per heavy atom. The number of sulfonamides is 1. The van der Waals surface area contributed by atoms with Gasteiger partial charge in [-0.05, 0) is 38.6 Å². The molecular weight excluding hydrogens is 284 g/mol. The zero-order chi connectivity index (χ0) is 13.9. The molecule has 0 amide bonds. The van der Waals surface area contributed by atoms with E-state index in [1.165, 1.54) is 6.42 Å². The van der Waals surface area contributed by atoms with E-state index in [9.17, 15) is 8.42 Å². The van der Waals surface area contributed by atoms with Gasteiger partial charge in [-0.25, -0.2) is 13.1 Å². The molecule has 1 aliphatic heterocycles. The highest BCUT2D eigenvalue weighted by atomic mass is 32.2. The van der Waals surface area contributed by atoms with Crippen LogP contribution in [0.3, 0.4) is 0 Å². The van der Waals surface area contributed by atoms with Gasteiger partial charge in [-0.1, -0.05) is 6.42 Å². The van der Waals surface area contributed by atoms with Gasteiger partial charge in [-0.2, -0.15) is 0 Å². The van der Waals surface area contributed by atoms with E-state index in [1.54, 1.807) is 12.1 Å². The van der Waals surface area contributed by atoms with Gasteiger partial charge in [0.25, 0.3) is 0 Å². The highest BCUT2D eigenvalue weighted by Gasteiger charge is 2.22. The van der Waals surface area contributed by atoms with E-state index < -0.39 is 10.0 Å². The first-order chi connectivity index (χ1) is 9.03. The van der Waals surface area contributed by atoms with Gasteiger partial charge in [-0.15, -0.1) is 11.3 Å². The van der Waals surface area contributed by atoms with Crippen molar-refractivity contribution in [3.63, 3.8) is 0 Å². The summed E-state index contributed by atoms with van der Waals surface area (Å²) in [5.74, 6) is 0. The first kappa shape index (κ1) is 14.9. The standard InChI is InChI=1S/C12H20N2O3S2/c1-14-7-3-2-4-10(14)8-13-19(16,17)12-6-5-11(9-15)18-12/h5-6,10,13,15H,2-4,7-9H2,1H3. The molecule has 0 radical (unpaired) electrons. The Labute approximate surface area is 118 Å². The predicted molar refractivity (Wildman–Crippen MR) is 75.7 cm³/mol. The van der Waals surface area contributed by atoms with Crippen molar-refractivity contribution in [3.8, 4) is 0 Å². The minimum Gasteiger partial charge on any atom is -0.391 e. The van der Waals surface area contributed by atoms with E-state index in [0.29, 0.717) is 11.4 Å². The van der Waals surface area contributed by atoms with Crippen LogP contribution in [0.15, 0.2) is 16.3 Å². The molecule has 5 nitrogen and oxygen atoms in total. The Balaban J connectivity index is 1.97. The molecule has 2 N–H and O–H groups in total. The van der Waals surface area contributed by atoms with Gasteiger partial charge < -0.3 is 10.0 Å². The Hall–Kier alpha value is -0.470. The topological polar surface area (TPSA) is 69.6 Å². The summed E-state index contributed by atoms with van der Waals surface area (Å²) in [6.45, 7) is 1.36. The third-order valence-electron chi connectivity index (χ3n) is 3.49. The summed E-state index contributed by atoms with van der Waals surface area (Å²) >= 11 is 1.11. The van der Waals surface area contributed by atoms with Crippen LogP contribution in [0.5, 0.6) is 0 Å². The molecule has 2 heterocycles. The van der Waals surface area contributed by atoms with Crippen LogP contribution in [-0.4, -0.2) is 44.6 Å². The molecule has 7 heteroatoms. The Bertz CT molecular complexity index is 513. The van der Waals surface area contributed by atoms with E-state index in [0.717, 1.165) is 30.7 Å². The number of hydrogen-bond acceptors (Lipinski definition) is 5. The van der Waals surface area contributed by atoms with Crippen molar-refractivity contribution in [3.05, 3.63) is 17.0 Å². The molecule has 0 bridgehead atoms. The van der Waals surface area contributed by atoms with Gasteiger partial charge in [0.2, 0.25) is 10.0 Å². The summed E-state index contributed by atoms with van der Waals surface area (Å²) in [7, 11) is -1.41. The van der Waals surface area contributed by atoms with Crippen molar-refractivity contribution in [1.82, 2.24) is 9.62 Å². The van der Waals surface area contributed by atoms with Crippen LogP contribution in [0.1, 0.15) is 24.1 Å². The van der Waals surface area contributed by atoms with Crippen molar-refractivity contribution in [2.45, 2.75) is 36.1 Å². The number of hydrogen-bond donors (Lipinski definition) is 2. The number of nitrogens with one attached hydrogen (secondary N) is 1. The fourth-order valence-electron chi connectivity index (χ4n) is 2.27. The van der Waals surface area contributed by atoms with Crippen LogP contribution in [-0.2, 0) is 16.6 Å². The summed E-state index contributed by atoms with van der Waals surface area (Å²) in [4.78, 5) is 2.87. The van der Waals surface area contributed by atoms with Gasteiger partial charge >= 0.3 is 0 Å². The molecule has 1 aromatic heterocycles. The molecule has 0 aromatic carbocycles. The molecule has 2 rings (SSSR count). The lowest BCUT2D eigenvalue weighted by atomic mass is 10.0. The normalized spacial score (nSPS) is 21.7. The lowest BCUT2D eigenvalue weighted by molar-refractivity contribution is 0.187. The third kappa shape index (κ3) is 3.76. The number of aliphatic hydroxyl groups excluding tert-OH is 1. The van der Waals surface area contributed by atoms with E-state index in [-0.39, 0.29) is 16.9 Å². The lowest BCUT2D eigenvalue weighted by Gasteiger charge is -2.32. The molecule has 108 valence electrons. The first-order valence-corrected chi connectivity index (χ1v) is 8.72. The van der Waals surface area contributed by atoms with Crippen molar-refractivity contribution in [2.75, 3.05) is 20.1 Å². The number of piperidine rings is 1. The highest BCUT2D eigenvalue weighted by molar-refractivity contribution is 7.91. The monoisotopic (exact) mass is 304 g/mol. The van der Waals surface area contributed by atoms with Crippen molar-refractivity contribution in [2.24, 2.45) is 0 Å². The molecule has 1 saturated heterocycles. The molecule has 1 aromatic rings. The van der Waals surface area contributed by atoms with E-state index in [2.05, 4.69) is 9.62 Å². The molecule has 1 aliphatic rings. The van der Waals surface area contributed by atoms with Crippen molar-refractivity contribution < 1.29 is 13.5 Å². The van der Waals surface area contributed by atoms with Gasteiger partial charge in [-0.3, -0.25) is 0 Å². The SMILES string of the molecule is CN1CCCCC1CNS(=O)(=O)c1ccc(CO)s1. The fourth-order valence-corrected chi connectivity index (χ4v) is 4.60. The second-order valence-corrected chi connectivity index (χ2v) is 8.02. The van der Waals surface area contributed by atoms with Crippen LogP contribution in [0.4, 0.5) is 0 Å². The largest absolute Gasteiger partial charge is 0.391 e. The number of likely N-dealkylation sites (tertiary alicyclic amines) is 1. The summed E-state index contributed by atoms with van der Waals surface area (Å²) in [5, 5.41) is 8.97. The quantitative estimate of drug-likeness (QED) is 0.851. The molecule has 1 fully saturated rings. The van der Waals surface area contributed by atoms with Crippen LogP contribution in [0.25, 0.3) is 0 Å². The van der Waals surface area contributed by atoms with Crippen LogP contribution >= 0.6 is 11.3 Å². The Kier molecular flexibility index (Phi) is 4.97. The maximum Gasteiger partial charge on any atom is 0.250 e. The van der Waals surface area contributed by atoms with E-state index in [4.69, 9.17) is 5.11 Å². The summed E-state index contributed by atoms with van der Waals surface area (Å²) in [6.07, 6.45) is 3.38. The number of nitrogens with zero attached hydrogens (tertiary/aromatic N) is 1. The Morgan fingerprint density at radius 1 is 1.47 bits per heavy atom. The van der Waals surface area contributed by atoms with Crippen molar-refractivity contribution in [1.29, 1.82) is 0 Å². The van der Waals surface area contributed by atoms with Crippen molar-refractivity contribution >= 4 is 21.4 Å². The van der Waals surface area contributed by atoms with Gasteiger partial charge in [0, 0.05) is 17.5 Å². The third-order valence-corrected chi connectivity index (χ3v) is 6.47. The molecule has 0 saturated carbocycles. The summed E-state index contributed by atoms with van der Waals surface area (Å²) in [5.41, 5.74) is 0. The first-order valence-electron chi connectivity index (χ1n) is 6.42. The van der Waals surface area contributed by atoms with Crippen LogP contribution in [0.2, 0.25) is 0 Å². The molecular formula is C12H20N2O3S2. The second-order valence-electron chi connectivity index (χ2n) is 4.86. The number of rotatable bonds is 5. The number of aliphatic hydroxyl groups is 1. The molecule has 1 unspecified atom stereocenters. The van der Waals surface area contributed by atoms with E-state index >= 15 is 0 Å². The van der Waals surface area contributed by atoms with Crippen LogP contribution in [0, 0.1) is 0 Å². The van der Waals surface area contributed by atoms with Gasteiger partial charge in [0.1, 0.15) is 4.21 Å². The zero-order valence-electron chi connectivity index (χ0n) is 11.0. The van der Waals surface area contributed by atoms with Gasteiger partial charge in [0.15, 0.2) is 0 Å². The smallest absolute Gasteiger partial charge is 0.250 e. The molecule has 19 heavy (non-hydrogen) atoms. The second kappa shape index (κ2) is 6.32. The maximum atomic E-state index is 12.1. The average molecular weight is 304 g/mol. The van der Waals surface area contributed by atoms with Crippen LogP contribution < -0.4 is 4.72 Å². The Morgan fingerprint density at radius 3 is 2.89 bits per heavy atom. The molecule has 1 atom stereocenters. The van der Waals surface area contributed by atoms with E-state index in [1.807, 2.05) is 7.05 Å². The minimum atomic E-state index is -3.44. The molecule has 0 aliphatic carbocycles. The highest BCUT2D eigenvalue weighted by Crippen LogP contribution is 2.22. The predicted octanol–water partition coefficient (Wildman–Crippen LogP) is 1.00. The van der Waals surface area contributed by atoms with Gasteiger partial charge in [0.05, 0.1) is 6.61 Å². The zero-order valence-corrected chi connectivity index (χ0v) is 12.6. The summed E-state index contributed by atoms with van der Waals surface area (Å²) < 4.78 is 27.2. The number of thiophene rings is 1. The average Bonchev–Trinajstić information content (AvgIpc) is 2.87.